The van der Waals surface area contributed by atoms with E-state index in [0.717, 1.165) is 20.9 Å². The highest BCUT2D eigenvalue weighted by molar-refractivity contribution is 9.10. The quantitative estimate of drug-likeness (QED) is 0.744. The molecular weight excluding hydrogens is 330 g/mol. The van der Waals surface area contributed by atoms with Crippen LogP contribution in [0, 0.1) is 0 Å². The van der Waals surface area contributed by atoms with E-state index < -0.39 is 0 Å². The summed E-state index contributed by atoms with van der Waals surface area (Å²) >= 11 is 3.44. The highest BCUT2D eigenvalue weighted by atomic mass is 79.9. The lowest BCUT2D eigenvalue weighted by Gasteiger charge is -2.08. The molecule has 1 aromatic heterocycles. The van der Waals surface area contributed by atoms with Crippen molar-refractivity contribution in [2.45, 2.75) is 0 Å². The number of nitrogens with zero attached hydrogens (tertiary/aromatic N) is 1. The molecule has 0 fully saturated rings. The van der Waals surface area contributed by atoms with Crippen molar-refractivity contribution in [2.75, 3.05) is 11.1 Å². The van der Waals surface area contributed by atoms with Gasteiger partial charge in [-0.05, 0) is 41.1 Å². The fourth-order valence-electron chi connectivity index (χ4n) is 2.11. The molecule has 1 heterocycles. The number of halogens is 1. The lowest BCUT2D eigenvalue weighted by atomic mass is 10.1. The maximum absolute atomic E-state index is 12.2. The Hall–Kier alpha value is -2.40. The molecule has 0 aliphatic carbocycles. The Balaban J connectivity index is 1.90. The first-order valence-corrected chi connectivity index (χ1v) is 7.13. The van der Waals surface area contributed by atoms with Crippen LogP contribution in [0.25, 0.3) is 10.8 Å². The number of pyridine rings is 1. The summed E-state index contributed by atoms with van der Waals surface area (Å²) in [5, 5.41) is 5.00. The van der Waals surface area contributed by atoms with Gasteiger partial charge in [-0.25, -0.2) is 0 Å². The van der Waals surface area contributed by atoms with Crippen molar-refractivity contribution in [1.29, 1.82) is 0 Å². The average molecular weight is 342 g/mol. The van der Waals surface area contributed by atoms with Crippen molar-refractivity contribution < 1.29 is 4.79 Å². The fraction of sp³-hybridized carbons (Fsp3) is 0. The summed E-state index contributed by atoms with van der Waals surface area (Å²) in [5.74, 6) is -0.244. The zero-order valence-corrected chi connectivity index (χ0v) is 12.6. The first kappa shape index (κ1) is 13.6. The third kappa shape index (κ3) is 2.87. The van der Waals surface area contributed by atoms with E-state index in [-0.39, 0.29) is 5.91 Å². The molecule has 21 heavy (non-hydrogen) atoms. The van der Waals surface area contributed by atoms with E-state index in [2.05, 4.69) is 26.2 Å². The molecule has 0 atom stereocenters. The van der Waals surface area contributed by atoms with Crippen LogP contribution in [0.3, 0.4) is 0 Å². The molecule has 104 valence electrons. The molecule has 1 amide bonds. The zero-order valence-electron chi connectivity index (χ0n) is 11.0. The Labute approximate surface area is 130 Å². The third-order valence-corrected chi connectivity index (χ3v) is 3.65. The van der Waals surface area contributed by atoms with Crippen LogP contribution in [0.4, 0.5) is 11.4 Å². The molecular formula is C16H12BrN3O. The van der Waals surface area contributed by atoms with Crippen LogP contribution in [-0.4, -0.2) is 10.9 Å². The van der Waals surface area contributed by atoms with Crippen LogP contribution in [0.15, 0.2) is 59.3 Å². The van der Waals surface area contributed by atoms with Crippen molar-refractivity contribution in [2.24, 2.45) is 0 Å². The molecule has 0 aliphatic heterocycles. The lowest BCUT2D eigenvalue weighted by molar-refractivity contribution is 0.102. The van der Waals surface area contributed by atoms with Gasteiger partial charge in [0.2, 0.25) is 0 Å². The molecule has 3 rings (SSSR count). The standard InChI is InChI=1S/C16H12BrN3O/c17-12-3-1-11-8-13(4-2-10(11)7-12)20-16(21)14-5-6-19-9-15(14)18/h1-9H,18H2,(H,20,21). The summed E-state index contributed by atoms with van der Waals surface area (Å²) < 4.78 is 1.02. The lowest BCUT2D eigenvalue weighted by Crippen LogP contribution is -2.14. The summed E-state index contributed by atoms with van der Waals surface area (Å²) in [6, 6.07) is 13.3. The van der Waals surface area contributed by atoms with Crippen molar-refractivity contribution in [3.8, 4) is 0 Å². The van der Waals surface area contributed by atoms with Gasteiger partial charge in [0.1, 0.15) is 0 Å². The molecule has 3 N–H and O–H groups in total. The summed E-state index contributed by atoms with van der Waals surface area (Å²) in [6.45, 7) is 0. The second-order valence-electron chi connectivity index (χ2n) is 4.62. The van der Waals surface area contributed by atoms with Crippen LogP contribution in [0.5, 0.6) is 0 Å². The van der Waals surface area contributed by atoms with E-state index in [1.807, 2.05) is 36.4 Å². The van der Waals surface area contributed by atoms with E-state index in [1.165, 1.54) is 6.20 Å². The monoisotopic (exact) mass is 341 g/mol. The molecule has 3 aromatic rings. The molecule has 0 unspecified atom stereocenters. The van der Waals surface area contributed by atoms with E-state index in [0.29, 0.717) is 11.3 Å². The minimum Gasteiger partial charge on any atom is -0.397 e. The number of nitrogen functional groups attached to an aromatic ring is 1. The Kier molecular flexibility index (Phi) is 3.58. The first-order chi connectivity index (χ1) is 10.1. The second-order valence-corrected chi connectivity index (χ2v) is 5.54. The largest absolute Gasteiger partial charge is 0.397 e. The van der Waals surface area contributed by atoms with Crippen LogP contribution >= 0.6 is 15.9 Å². The van der Waals surface area contributed by atoms with Gasteiger partial charge in [-0.2, -0.15) is 0 Å². The molecule has 0 saturated carbocycles. The minimum absolute atomic E-state index is 0.244. The number of rotatable bonds is 2. The molecule has 0 aliphatic rings. The van der Waals surface area contributed by atoms with Gasteiger partial charge in [0, 0.05) is 16.4 Å². The van der Waals surface area contributed by atoms with Gasteiger partial charge in [-0.1, -0.05) is 28.1 Å². The molecule has 2 aromatic carbocycles. The van der Waals surface area contributed by atoms with Gasteiger partial charge in [-0.3, -0.25) is 9.78 Å². The van der Waals surface area contributed by atoms with Crippen molar-refractivity contribution >= 4 is 44.0 Å². The second kappa shape index (κ2) is 5.54. The van der Waals surface area contributed by atoms with Gasteiger partial charge in [0.15, 0.2) is 0 Å². The third-order valence-electron chi connectivity index (χ3n) is 3.16. The molecule has 0 radical (unpaired) electrons. The maximum Gasteiger partial charge on any atom is 0.257 e. The number of benzene rings is 2. The summed E-state index contributed by atoms with van der Waals surface area (Å²) in [4.78, 5) is 16.1. The predicted octanol–water partition coefficient (Wildman–Crippen LogP) is 3.83. The van der Waals surface area contributed by atoms with Crippen LogP contribution in [-0.2, 0) is 0 Å². The number of amides is 1. The number of hydrogen-bond donors (Lipinski definition) is 2. The number of nitrogens with one attached hydrogen (secondary N) is 1. The number of nitrogens with two attached hydrogens (primary N) is 1. The van der Waals surface area contributed by atoms with Gasteiger partial charge in [-0.15, -0.1) is 0 Å². The van der Waals surface area contributed by atoms with Crippen molar-refractivity contribution in [3.63, 3.8) is 0 Å². The smallest absolute Gasteiger partial charge is 0.257 e. The number of carbonyl (C=O) groups excluding carboxylic acids is 1. The van der Waals surface area contributed by atoms with Gasteiger partial charge in [0.25, 0.3) is 5.91 Å². The number of fused-ring (bicyclic) bond motifs is 1. The minimum atomic E-state index is -0.244. The highest BCUT2D eigenvalue weighted by Crippen LogP contribution is 2.23. The average Bonchev–Trinajstić information content (AvgIpc) is 2.48. The zero-order chi connectivity index (χ0) is 14.8. The number of anilines is 2. The molecule has 0 saturated heterocycles. The number of carbonyl (C=O) groups is 1. The summed E-state index contributed by atoms with van der Waals surface area (Å²) in [5.41, 5.74) is 7.26. The van der Waals surface area contributed by atoms with E-state index in [9.17, 15) is 4.79 Å². The Morgan fingerprint density at radius 3 is 2.67 bits per heavy atom. The molecule has 5 heteroatoms. The fourth-order valence-corrected chi connectivity index (χ4v) is 2.49. The molecule has 4 nitrogen and oxygen atoms in total. The van der Waals surface area contributed by atoms with Gasteiger partial charge >= 0.3 is 0 Å². The maximum atomic E-state index is 12.2. The van der Waals surface area contributed by atoms with Crippen LogP contribution in [0.1, 0.15) is 10.4 Å². The van der Waals surface area contributed by atoms with Crippen LogP contribution < -0.4 is 11.1 Å². The van der Waals surface area contributed by atoms with Crippen molar-refractivity contribution in [1.82, 2.24) is 4.98 Å². The normalized spacial score (nSPS) is 10.5. The van der Waals surface area contributed by atoms with Crippen molar-refractivity contribution in [3.05, 3.63) is 64.9 Å². The predicted molar refractivity (Wildman–Crippen MR) is 88.3 cm³/mol. The van der Waals surface area contributed by atoms with E-state index in [1.54, 1.807) is 12.3 Å². The highest BCUT2D eigenvalue weighted by Gasteiger charge is 2.09. The first-order valence-electron chi connectivity index (χ1n) is 6.33. The topological polar surface area (TPSA) is 68.0 Å². The van der Waals surface area contributed by atoms with E-state index >= 15 is 0 Å². The van der Waals surface area contributed by atoms with E-state index in [4.69, 9.17) is 5.73 Å². The Bertz CT molecular complexity index is 833. The Morgan fingerprint density at radius 1 is 1.10 bits per heavy atom. The number of hydrogen-bond acceptors (Lipinski definition) is 3. The summed E-state index contributed by atoms with van der Waals surface area (Å²) in [6.07, 6.45) is 3.01. The Morgan fingerprint density at radius 2 is 1.86 bits per heavy atom. The van der Waals surface area contributed by atoms with Gasteiger partial charge < -0.3 is 11.1 Å². The SMILES string of the molecule is Nc1cnccc1C(=O)Nc1ccc2cc(Br)ccc2c1. The van der Waals surface area contributed by atoms with Crippen LogP contribution in [0.2, 0.25) is 0 Å². The van der Waals surface area contributed by atoms with Gasteiger partial charge in [0.05, 0.1) is 17.4 Å². The summed E-state index contributed by atoms with van der Waals surface area (Å²) in [7, 11) is 0. The number of aromatic nitrogens is 1. The molecule has 0 bridgehead atoms. The molecule has 0 spiro atoms.